The van der Waals surface area contributed by atoms with Crippen LogP contribution in [0.2, 0.25) is 0 Å². The number of carbonyl (C=O) groups excluding carboxylic acids is 1. The van der Waals surface area contributed by atoms with E-state index in [0.717, 1.165) is 27.7 Å². The molecule has 0 saturated carbocycles. The molecule has 0 fully saturated rings. The lowest BCUT2D eigenvalue weighted by Gasteiger charge is -2.06. The first-order chi connectivity index (χ1) is 11.2. The number of hydrogen-bond acceptors (Lipinski definition) is 2. The van der Waals surface area contributed by atoms with Crippen LogP contribution in [0.4, 0.5) is 0 Å². The van der Waals surface area contributed by atoms with Crippen LogP contribution in [0.3, 0.4) is 0 Å². The van der Waals surface area contributed by atoms with Crippen molar-refractivity contribution in [3.05, 3.63) is 66.2 Å². The third-order valence-electron chi connectivity index (χ3n) is 3.87. The summed E-state index contributed by atoms with van der Waals surface area (Å²) in [5, 5.41) is 1.12. The molecular weight excluding hydrogens is 286 g/mol. The maximum absolute atomic E-state index is 11.7. The minimum atomic E-state index is -0.320. The van der Waals surface area contributed by atoms with Crippen LogP contribution in [0.15, 0.2) is 60.7 Å². The Hall–Kier alpha value is -2.81. The molecule has 1 aromatic heterocycles. The van der Waals surface area contributed by atoms with Gasteiger partial charge in [0, 0.05) is 29.6 Å². The minimum absolute atomic E-state index is 0.320. The van der Waals surface area contributed by atoms with E-state index in [4.69, 9.17) is 4.74 Å². The zero-order valence-corrected chi connectivity index (χ0v) is 13.3. The molecule has 0 N–H and O–H groups in total. The Morgan fingerprint density at radius 1 is 1.09 bits per heavy atom. The first kappa shape index (κ1) is 15.1. The zero-order chi connectivity index (χ0) is 16.2. The van der Waals surface area contributed by atoms with Crippen molar-refractivity contribution in [3.8, 4) is 11.3 Å². The Kier molecular flexibility index (Phi) is 4.29. The average Bonchev–Trinajstić information content (AvgIpc) is 2.87. The lowest BCUT2D eigenvalue weighted by Crippen LogP contribution is -1.98. The fourth-order valence-corrected chi connectivity index (χ4v) is 2.88. The first-order valence-corrected chi connectivity index (χ1v) is 7.70. The van der Waals surface area contributed by atoms with Gasteiger partial charge in [-0.2, -0.15) is 0 Å². The monoisotopic (exact) mass is 305 g/mol. The molecule has 0 saturated heterocycles. The van der Waals surface area contributed by atoms with Crippen LogP contribution in [-0.4, -0.2) is 17.1 Å². The van der Waals surface area contributed by atoms with E-state index in [-0.39, 0.29) is 5.97 Å². The van der Waals surface area contributed by atoms with Crippen LogP contribution in [0.1, 0.15) is 12.5 Å². The largest absolute Gasteiger partial charge is 0.463 e. The predicted molar refractivity (Wildman–Crippen MR) is 94.0 cm³/mol. The van der Waals surface area contributed by atoms with E-state index in [2.05, 4.69) is 28.8 Å². The van der Waals surface area contributed by atoms with Crippen molar-refractivity contribution in [2.75, 3.05) is 6.61 Å². The molecule has 3 rings (SSSR count). The van der Waals surface area contributed by atoms with Gasteiger partial charge < -0.3 is 9.30 Å². The number of para-hydroxylation sites is 1. The maximum atomic E-state index is 11.7. The van der Waals surface area contributed by atoms with Crippen LogP contribution in [0.5, 0.6) is 0 Å². The number of rotatable bonds is 4. The van der Waals surface area contributed by atoms with E-state index in [1.807, 2.05) is 43.5 Å². The molecule has 116 valence electrons. The van der Waals surface area contributed by atoms with Gasteiger partial charge in [0.05, 0.1) is 12.3 Å². The molecule has 1 heterocycles. The number of fused-ring (bicyclic) bond motifs is 1. The van der Waals surface area contributed by atoms with Crippen molar-refractivity contribution in [1.82, 2.24) is 4.57 Å². The minimum Gasteiger partial charge on any atom is -0.463 e. The molecule has 2 aromatic carbocycles. The van der Waals surface area contributed by atoms with Crippen LogP contribution in [0, 0.1) is 0 Å². The topological polar surface area (TPSA) is 31.2 Å². The highest BCUT2D eigenvalue weighted by atomic mass is 16.5. The molecule has 0 radical (unpaired) electrons. The van der Waals surface area contributed by atoms with Crippen LogP contribution >= 0.6 is 0 Å². The summed E-state index contributed by atoms with van der Waals surface area (Å²) in [4.78, 5) is 11.7. The van der Waals surface area contributed by atoms with Crippen molar-refractivity contribution in [3.63, 3.8) is 0 Å². The summed E-state index contributed by atoms with van der Waals surface area (Å²) in [6, 6.07) is 18.4. The highest BCUT2D eigenvalue weighted by Gasteiger charge is 2.14. The Morgan fingerprint density at radius 2 is 1.78 bits per heavy atom. The van der Waals surface area contributed by atoms with E-state index in [9.17, 15) is 4.79 Å². The van der Waals surface area contributed by atoms with Gasteiger partial charge in [-0.15, -0.1) is 0 Å². The van der Waals surface area contributed by atoms with Gasteiger partial charge in [-0.25, -0.2) is 4.79 Å². The van der Waals surface area contributed by atoms with Crippen molar-refractivity contribution in [1.29, 1.82) is 0 Å². The predicted octanol–water partition coefficient (Wildman–Crippen LogP) is 4.42. The number of benzene rings is 2. The normalized spacial score (nSPS) is 11.2. The number of hydrogen-bond donors (Lipinski definition) is 0. The van der Waals surface area contributed by atoms with Gasteiger partial charge in [0.15, 0.2) is 0 Å². The Bertz CT molecular complexity index is 860. The molecule has 0 aliphatic carbocycles. The van der Waals surface area contributed by atoms with Crippen molar-refractivity contribution in [2.24, 2.45) is 7.05 Å². The van der Waals surface area contributed by atoms with Gasteiger partial charge in [-0.05, 0) is 24.6 Å². The summed E-state index contributed by atoms with van der Waals surface area (Å²) in [5.41, 5.74) is 4.37. The van der Waals surface area contributed by atoms with Crippen LogP contribution in [-0.2, 0) is 16.6 Å². The van der Waals surface area contributed by atoms with Gasteiger partial charge in [-0.1, -0.05) is 48.5 Å². The Balaban J connectivity index is 2.20. The van der Waals surface area contributed by atoms with Gasteiger partial charge >= 0.3 is 5.97 Å². The van der Waals surface area contributed by atoms with E-state index >= 15 is 0 Å². The zero-order valence-electron chi connectivity index (χ0n) is 13.3. The second kappa shape index (κ2) is 6.53. The van der Waals surface area contributed by atoms with Gasteiger partial charge in [0.2, 0.25) is 0 Å². The third kappa shape index (κ3) is 2.90. The fourth-order valence-electron chi connectivity index (χ4n) is 2.88. The standard InChI is InChI=1S/C20H19NO2/c1-3-23-19(22)14-13-17-16-11-7-8-12-18(16)21(2)20(17)15-9-5-4-6-10-15/h4-14H,3H2,1-2H3. The molecule has 0 atom stereocenters. The van der Waals surface area contributed by atoms with E-state index in [0.29, 0.717) is 6.61 Å². The molecule has 0 aliphatic heterocycles. The SMILES string of the molecule is CCOC(=O)C=Cc1c(-c2ccccc2)n(C)c2ccccc12. The quantitative estimate of drug-likeness (QED) is 0.528. The summed E-state index contributed by atoms with van der Waals surface area (Å²) in [6.07, 6.45) is 3.35. The van der Waals surface area contributed by atoms with E-state index in [1.165, 1.54) is 6.08 Å². The maximum Gasteiger partial charge on any atom is 0.330 e. The van der Waals surface area contributed by atoms with Crippen LogP contribution in [0.25, 0.3) is 28.2 Å². The Morgan fingerprint density at radius 3 is 2.52 bits per heavy atom. The van der Waals surface area contributed by atoms with Crippen molar-refractivity contribution in [2.45, 2.75) is 6.92 Å². The molecule has 3 nitrogen and oxygen atoms in total. The molecule has 3 aromatic rings. The molecule has 0 unspecified atom stereocenters. The summed E-state index contributed by atoms with van der Waals surface area (Å²) in [7, 11) is 2.05. The lowest BCUT2D eigenvalue weighted by molar-refractivity contribution is -0.137. The van der Waals surface area contributed by atoms with Crippen LogP contribution < -0.4 is 0 Å². The van der Waals surface area contributed by atoms with E-state index in [1.54, 1.807) is 6.92 Å². The molecule has 3 heteroatoms. The lowest BCUT2D eigenvalue weighted by atomic mass is 10.0. The van der Waals surface area contributed by atoms with Gasteiger partial charge in [0.1, 0.15) is 0 Å². The number of nitrogens with zero attached hydrogens (tertiary/aromatic N) is 1. The molecule has 0 bridgehead atoms. The van der Waals surface area contributed by atoms with Gasteiger partial charge in [0.25, 0.3) is 0 Å². The summed E-state index contributed by atoms with van der Waals surface area (Å²) >= 11 is 0. The van der Waals surface area contributed by atoms with E-state index < -0.39 is 0 Å². The van der Waals surface area contributed by atoms with Crippen molar-refractivity contribution < 1.29 is 9.53 Å². The first-order valence-electron chi connectivity index (χ1n) is 7.70. The number of carbonyl (C=O) groups is 1. The average molecular weight is 305 g/mol. The Labute approximate surface area is 135 Å². The summed E-state index contributed by atoms with van der Waals surface area (Å²) in [5.74, 6) is -0.320. The van der Waals surface area contributed by atoms with Gasteiger partial charge in [-0.3, -0.25) is 0 Å². The number of esters is 1. The molecule has 0 spiro atoms. The number of ether oxygens (including phenoxy) is 1. The fraction of sp³-hybridized carbons (Fsp3) is 0.150. The summed E-state index contributed by atoms with van der Waals surface area (Å²) < 4.78 is 7.16. The smallest absolute Gasteiger partial charge is 0.330 e. The number of aryl methyl sites for hydroxylation is 1. The molecule has 0 amide bonds. The molecule has 0 aliphatic rings. The molecule has 23 heavy (non-hydrogen) atoms. The second-order valence-electron chi connectivity index (χ2n) is 5.29. The van der Waals surface area contributed by atoms with Crippen molar-refractivity contribution >= 4 is 22.9 Å². The third-order valence-corrected chi connectivity index (χ3v) is 3.87. The molecular formula is C20H19NO2. The second-order valence-corrected chi connectivity index (χ2v) is 5.29. The summed E-state index contributed by atoms with van der Waals surface area (Å²) in [6.45, 7) is 2.18. The number of aromatic nitrogens is 1. The highest BCUT2D eigenvalue weighted by molar-refractivity contribution is 6.00. The highest BCUT2D eigenvalue weighted by Crippen LogP contribution is 2.33.